The van der Waals surface area contributed by atoms with Gasteiger partial charge in [0, 0.05) is 29.9 Å². The lowest BCUT2D eigenvalue weighted by atomic mass is 10.1. The molecule has 0 amide bonds. The van der Waals surface area contributed by atoms with Crippen molar-refractivity contribution in [1.82, 2.24) is 0 Å². The van der Waals surface area contributed by atoms with Crippen molar-refractivity contribution in [3.05, 3.63) is 89.5 Å². The zero-order valence-corrected chi connectivity index (χ0v) is 15.6. The molecule has 0 saturated heterocycles. The fraction of sp³-hybridized carbons (Fsp3) is 0.217. The van der Waals surface area contributed by atoms with Crippen LogP contribution in [0.25, 0.3) is 0 Å². The topological polar surface area (TPSA) is 21.7 Å². The molecule has 3 aromatic carbocycles. The zero-order valence-electron chi connectivity index (χ0n) is 15.6. The highest BCUT2D eigenvalue weighted by Crippen LogP contribution is 2.29. The van der Waals surface area contributed by atoms with Gasteiger partial charge < -0.3 is 14.4 Å². The summed E-state index contributed by atoms with van der Waals surface area (Å²) in [6.45, 7) is 3.66. The van der Waals surface area contributed by atoms with Crippen molar-refractivity contribution in [2.45, 2.75) is 20.0 Å². The Morgan fingerprint density at radius 2 is 1.12 bits per heavy atom. The van der Waals surface area contributed by atoms with Crippen LogP contribution in [0, 0.1) is 6.92 Å². The van der Waals surface area contributed by atoms with Gasteiger partial charge in [0.05, 0.1) is 14.2 Å². The highest BCUT2D eigenvalue weighted by Gasteiger charge is 2.15. The van der Waals surface area contributed by atoms with Crippen molar-refractivity contribution in [2.24, 2.45) is 0 Å². The van der Waals surface area contributed by atoms with Gasteiger partial charge in [0.25, 0.3) is 0 Å². The van der Waals surface area contributed by atoms with Crippen LogP contribution in [-0.4, -0.2) is 14.2 Å². The van der Waals surface area contributed by atoms with E-state index in [1.165, 1.54) is 11.3 Å². The first-order valence-electron chi connectivity index (χ1n) is 8.77. The van der Waals surface area contributed by atoms with E-state index in [1.54, 1.807) is 14.2 Å². The number of methoxy groups -OCH3 is 2. The second-order valence-corrected chi connectivity index (χ2v) is 6.27. The maximum Gasteiger partial charge on any atom is 0.123 e. The van der Waals surface area contributed by atoms with E-state index in [0.717, 1.165) is 35.7 Å². The zero-order chi connectivity index (χ0) is 18.4. The van der Waals surface area contributed by atoms with Crippen molar-refractivity contribution >= 4 is 5.69 Å². The van der Waals surface area contributed by atoms with E-state index in [2.05, 4.69) is 60.4 Å². The minimum absolute atomic E-state index is 0.757. The first kappa shape index (κ1) is 17.9. The molecule has 0 aliphatic carbocycles. The lowest BCUT2D eigenvalue weighted by Gasteiger charge is -2.28. The molecule has 0 bridgehead atoms. The molecule has 0 spiro atoms. The summed E-state index contributed by atoms with van der Waals surface area (Å²) in [5.41, 5.74) is 4.78. The van der Waals surface area contributed by atoms with Crippen LogP contribution in [0.4, 0.5) is 5.69 Å². The summed E-state index contributed by atoms with van der Waals surface area (Å²) in [6, 6.07) is 24.8. The molecule has 0 fully saturated rings. The van der Waals surface area contributed by atoms with Crippen molar-refractivity contribution in [1.29, 1.82) is 0 Å². The highest BCUT2D eigenvalue weighted by atomic mass is 16.5. The van der Waals surface area contributed by atoms with Crippen LogP contribution in [0.1, 0.15) is 16.7 Å². The molecule has 3 nitrogen and oxygen atoms in total. The first-order valence-corrected chi connectivity index (χ1v) is 8.77. The first-order chi connectivity index (χ1) is 12.7. The molecule has 134 valence electrons. The number of ether oxygens (including phenoxy) is 2. The number of para-hydroxylation sites is 3. The van der Waals surface area contributed by atoms with E-state index in [1.807, 2.05) is 24.3 Å². The standard InChI is InChI=1S/C23H25NO2/c1-18-10-4-7-13-21(18)24(16-19-11-5-8-14-22(19)25-2)17-20-12-6-9-15-23(20)26-3/h4-15H,16-17H2,1-3H3. The number of rotatable bonds is 7. The van der Waals surface area contributed by atoms with Gasteiger partial charge in [-0.05, 0) is 30.7 Å². The highest BCUT2D eigenvalue weighted by molar-refractivity contribution is 5.55. The minimum Gasteiger partial charge on any atom is -0.496 e. The number of anilines is 1. The number of aryl methyl sites for hydroxylation is 1. The normalized spacial score (nSPS) is 10.4. The Morgan fingerprint density at radius 1 is 0.654 bits per heavy atom. The van der Waals surface area contributed by atoms with Gasteiger partial charge >= 0.3 is 0 Å². The van der Waals surface area contributed by atoms with Gasteiger partial charge in [-0.25, -0.2) is 0 Å². The fourth-order valence-corrected chi connectivity index (χ4v) is 3.22. The van der Waals surface area contributed by atoms with E-state index >= 15 is 0 Å². The van der Waals surface area contributed by atoms with Crippen LogP contribution in [-0.2, 0) is 13.1 Å². The Kier molecular flexibility index (Phi) is 5.80. The molecule has 0 saturated carbocycles. The molecule has 0 heterocycles. The number of benzene rings is 3. The number of nitrogens with zero attached hydrogens (tertiary/aromatic N) is 1. The Morgan fingerprint density at radius 3 is 1.62 bits per heavy atom. The van der Waals surface area contributed by atoms with Crippen molar-refractivity contribution in [3.8, 4) is 11.5 Å². The predicted molar refractivity (Wildman–Crippen MR) is 107 cm³/mol. The van der Waals surface area contributed by atoms with E-state index in [0.29, 0.717) is 0 Å². The lowest BCUT2D eigenvalue weighted by molar-refractivity contribution is 0.406. The van der Waals surface area contributed by atoms with Gasteiger partial charge in [0.1, 0.15) is 11.5 Å². The van der Waals surface area contributed by atoms with Crippen LogP contribution < -0.4 is 14.4 Å². The van der Waals surface area contributed by atoms with E-state index in [9.17, 15) is 0 Å². The third kappa shape index (κ3) is 3.99. The molecule has 3 aromatic rings. The van der Waals surface area contributed by atoms with Gasteiger partial charge in [0.2, 0.25) is 0 Å². The molecule has 26 heavy (non-hydrogen) atoms. The molecule has 0 N–H and O–H groups in total. The summed E-state index contributed by atoms with van der Waals surface area (Å²) in [4.78, 5) is 2.37. The van der Waals surface area contributed by atoms with E-state index in [-0.39, 0.29) is 0 Å². The lowest BCUT2D eigenvalue weighted by Crippen LogP contribution is -2.23. The summed E-state index contributed by atoms with van der Waals surface area (Å²) in [5, 5.41) is 0. The van der Waals surface area contributed by atoms with Crippen molar-refractivity contribution < 1.29 is 9.47 Å². The van der Waals surface area contributed by atoms with Crippen LogP contribution in [0.5, 0.6) is 11.5 Å². The fourth-order valence-electron chi connectivity index (χ4n) is 3.22. The second-order valence-electron chi connectivity index (χ2n) is 6.27. The van der Waals surface area contributed by atoms with Gasteiger partial charge in [-0.1, -0.05) is 54.6 Å². The third-order valence-electron chi connectivity index (χ3n) is 4.56. The maximum atomic E-state index is 5.56. The average Bonchev–Trinajstić information content (AvgIpc) is 2.68. The molecule has 3 heteroatoms. The molecule has 3 rings (SSSR count). The Balaban J connectivity index is 1.98. The van der Waals surface area contributed by atoms with E-state index < -0.39 is 0 Å². The predicted octanol–water partition coefficient (Wildman–Crippen LogP) is 5.22. The molecule has 0 aromatic heterocycles. The number of hydrogen-bond donors (Lipinski definition) is 0. The Hall–Kier alpha value is -2.94. The van der Waals surface area contributed by atoms with Crippen molar-refractivity contribution in [2.75, 3.05) is 19.1 Å². The van der Waals surface area contributed by atoms with Gasteiger partial charge in [-0.3, -0.25) is 0 Å². The SMILES string of the molecule is COc1ccccc1CN(Cc1ccccc1OC)c1ccccc1C. The van der Waals surface area contributed by atoms with Gasteiger partial charge in [-0.15, -0.1) is 0 Å². The van der Waals surface area contributed by atoms with E-state index in [4.69, 9.17) is 9.47 Å². The molecular weight excluding hydrogens is 322 g/mol. The Bertz CT molecular complexity index is 811. The van der Waals surface area contributed by atoms with Crippen LogP contribution >= 0.6 is 0 Å². The summed E-state index contributed by atoms with van der Waals surface area (Å²) in [7, 11) is 3.44. The largest absolute Gasteiger partial charge is 0.496 e. The molecule has 0 unspecified atom stereocenters. The minimum atomic E-state index is 0.757. The monoisotopic (exact) mass is 347 g/mol. The molecular formula is C23H25NO2. The van der Waals surface area contributed by atoms with Gasteiger partial charge in [0.15, 0.2) is 0 Å². The quantitative estimate of drug-likeness (QED) is 0.585. The Labute approximate surface area is 155 Å². The average molecular weight is 347 g/mol. The summed E-state index contributed by atoms with van der Waals surface area (Å²) in [5.74, 6) is 1.82. The van der Waals surface area contributed by atoms with Crippen LogP contribution in [0.3, 0.4) is 0 Å². The summed E-state index contributed by atoms with van der Waals surface area (Å²) < 4.78 is 11.1. The molecule has 0 aliphatic heterocycles. The second kappa shape index (κ2) is 8.43. The molecule has 0 radical (unpaired) electrons. The van der Waals surface area contributed by atoms with Crippen LogP contribution in [0.2, 0.25) is 0 Å². The number of hydrogen-bond acceptors (Lipinski definition) is 3. The van der Waals surface area contributed by atoms with Gasteiger partial charge in [-0.2, -0.15) is 0 Å². The third-order valence-corrected chi connectivity index (χ3v) is 4.56. The molecule has 0 aliphatic rings. The van der Waals surface area contributed by atoms with Crippen molar-refractivity contribution in [3.63, 3.8) is 0 Å². The van der Waals surface area contributed by atoms with Crippen LogP contribution in [0.15, 0.2) is 72.8 Å². The smallest absolute Gasteiger partial charge is 0.123 e. The molecule has 0 atom stereocenters. The summed E-state index contributed by atoms with van der Waals surface area (Å²) in [6.07, 6.45) is 0. The maximum absolute atomic E-state index is 5.56. The summed E-state index contributed by atoms with van der Waals surface area (Å²) >= 11 is 0.